The fourth-order valence-corrected chi connectivity index (χ4v) is 2.75. The molecule has 0 aliphatic carbocycles. The van der Waals surface area contributed by atoms with Crippen LogP contribution in [0.1, 0.15) is 19.3 Å². The molecule has 0 spiro atoms. The number of aromatic amines is 1. The van der Waals surface area contributed by atoms with E-state index in [1.54, 1.807) is 12.3 Å². The van der Waals surface area contributed by atoms with Crippen LogP contribution >= 0.6 is 24.0 Å². The first kappa shape index (κ1) is 18.2. The van der Waals surface area contributed by atoms with Gasteiger partial charge in [0.25, 0.3) is 0 Å². The third-order valence-corrected chi connectivity index (χ3v) is 4.18. The smallest absolute Gasteiger partial charge is 0.326 e. The van der Waals surface area contributed by atoms with Gasteiger partial charge >= 0.3 is 11.9 Å². The molecule has 1 aromatic heterocycles. The summed E-state index contributed by atoms with van der Waals surface area (Å²) >= 11 is 6.48. The number of aliphatic carboxylic acids is 2. The zero-order chi connectivity index (χ0) is 16.5. The largest absolute Gasteiger partial charge is 0.481 e. The highest BCUT2D eigenvalue weighted by Crippen LogP contribution is 2.18. The van der Waals surface area contributed by atoms with Crippen LogP contribution in [0.15, 0.2) is 23.2 Å². The molecule has 4 N–H and O–H groups in total. The van der Waals surface area contributed by atoms with Crippen LogP contribution in [0.2, 0.25) is 0 Å². The molecule has 0 aromatic carbocycles. The molecule has 1 rings (SSSR count). The molecule has 0 saturated carbocycles. The van der Waals surface area contributed by atoms with Gasteiger partial charge in [-0.25, -0.2) is 4.79 Å². The monoisotopic (exact) mass is 344 g/mol. The van der Waals surface area contributed by atoms with Crippen LogP contribution in [0, 0.1) is 4.64 Å². The van der Waals surface area contributed by atoms with Crippen LogP contribution in [-0.2, 0) is 14.4 Å². The van der Waals surface area contributed by atoms with E-state index in [-0.39, 0.29) is 19.3 Å². The Morgan fingerprint density at radius 1 is 1.32 bits per heavy atom. The molecule has 22 heavy (non-hydrogen) atoms. The Balaban J connectivity index is 2.40. The Morgan fingerprint density at radius 3 is 2.64 bits per heavy atom. The maximum Gasteiger partial charge on any atom is 0.326 e. The van der Waals surface area contributed by atoms with Crippen molar-refractivity contribution in [3.63, 3.8) is 0 Å². The summed E-state index contributed by atoms with van der Waals surface area (Å²) in [5.74, 6) is -2.34. The average Bonchev–Trinajstić information content (AvgIpc) is 2.45. The Hall–Kier alpha value is -1.87. The molecule has 0 radical (unpaired) electrons. The quantitative estimate of drug-likeness (QED) is 0.397. The summed E-state index contributed by atoms with van der Waals surface area (Å²) in [7, 11) is 0. The number of pyridine rings is 1. The van der Waals surface area contributed by atoms with Crippen LogP contribution < -0.4 is 5.32 Å². The highest BCUT2D eigenvalue weighted by Gasteiger charge is 2.20. The van der Waals surface area contributed by atoms with E-state index in [0.29, 0.717) is 10.4 Å². The Bertz CT molecular complexity index is 602. The molecule has 0 fully saturated rings. The molecule has 0 saturated heterocycles. The summed E-state index contributed by atoms with van der Waals surface area (Å²) < 4.78 is 0.581. The molecule has 1 heterocycles. The second-order valence-electron chi connectivity index (χ2n) is 4.35. The summed E-state index contributed by atoms with van der Waals surface area (Å²) in [6.45, 7) is 0. The van der Waals surface area contributed by atoms with Crippen molar-refractivity contribution in [2.24, 2.45) is 0 Å². The lowest BCUT2D eigenvalue weighted by Gasteiger charge is -2.13. The highest BCUT2D eigenvalue weighted by atomic mass is 32.2. The molecule has 0 aliphatic heterocycles. The zero-order valence-electron chi connectivity index (χ0n) is 11.6. The summed E-state index contributed by atoms with van der Waals surface area (Å²) in [5.41, 5.74) is 0. The third-order valence-electron chi connectivity index (χ3n) is 2.65. The number of hydrogen-bond acceptors (Lipinski definition) is 5. The number of carbonyl (C=O) groups excluding carboxylic acids is 1. The van der Waals surface area contributed by atoms with Crippen molar-refractivity contribution in [2.45, 2.75) is 30.2 Å². The lowest BCUT2D eigenvalue weighted by Crippen LogP contribution is -2.41. The molecular formula is C13H16N2O5S2. The lowest BCUT2D eigenvalue weighted by atomic mass is 10.1. The van der Waals surface area contributed by atoms with Gasteiger partial charge in [0.15, 0.2) is 0 Å². The molecular weight excluding hydrogens is 328 g/mol. The second-order valence-corrected chi connectivity index (χ2v) is 5.90. The van der Waals surface area contributed by atoms with Gasteiger partial charge in [0.2, 0.25) is 5.91 Å². The molecule has 1 atom stereocenters. The predicted molar refractivity (Wildman–Crippen MR) is 83.4 cm³/mol. The van der Waals surface area contributed by atoms with Gasteiger partial charge < -0.3 is 20.5 Å². The first-order chi connectivity index (χ1) is 10.4. The Kier molecular flexibility index (Phi) is 7.61. The minimum atomic E-state index is -1.24. The SMILES string of the molecule is O=C(O)CC[C@H](NC(=O)CCSc1ccc[nH]c1=S)C(=O)O. The van der Waals surface area contributed by atoms with Crippen molar-refractivity contribution in [2.75, 3.05) is 5.75 Å². The molecule has 1 amide bonds. The van der Waals surface area contributed by atoms with Crippen LogP contribution in [0.25, 0.3) is 0 Å². The Morgan fingerprint density at radius 2 is 2.05 bits per heavy atom. The van der Waals surface area contributed by atoms with Gasteiger partial charge in [-0.3, -0.25) is 9.59 Å². The Labute approximate surface area is 136 Å². The number of carboxylic acid groups (broad SMARTS) is 2. The molecule has 120 valence electrons. The molecule has 0 bridgehead atoms. The molecule has 9 heteroatoms. The van der Waals surface area contributed by atoms with Gasteiger partial charge in [-0.2, -0.15) is 0 Å². The number of hydrogen-bond donors (Lipinski definition) is 4. The standard InChI is InChI=1S/C13H16N2O5S2/c16-10(15-8(13(19)20)3-4-11(17)18)5-7-22-9-2-1-6-14-12(9)21/h1-2,6,8H,3-5,7H2,(H,14,21)(H,15,16)(H,17,18)(H,19,20)/t8-/m0/s1. The van der Waals surface area contributed by atoms with Crippen LogP contribution in [0.4, 0.5) is 0 Å². The van der Waals surface area contributed by atoms with Gasteiger partial charge in [-0.05, 0) is 18.6 Å². The summed E-state index contributed by atoms with van der Waals surface area (Å²) in [6, 6.07) is 2.44. The minimum Gasteiger partial charge on any atom is -0.481 e. The predicted octanol–water partition coefficient (Wildman–Crippen LogP) is 1.66. The van der Waals surface area contributed by atoms with E-state index >= 15 is 0 Å². The first-order valence-corrected chi connectivity index (χ1v) is 7.84. The summed E-state index contributed by atoms with van der Waals surface area (Å²) in [6.07, 6.45) is 1.36. The van der Waals surface area contributed by atoms with E-state index < -0.39 is 23.9 Å². The fourth-order valence-electron chi connectivity index (χ4n) is 1.57. The summed E-state index contributed by atoms with van der Waals surface area (Å²) in [4.78, 5) is 36.8. The normalized spacial score (nSPS) is 11.6. The topological polar surface area (TPSA) is 119 Å². The maximum atomic E-state index is 11.7. The van der Waals surface area contributed by atoms with Crippen molar-refractivity contribution in [3.8, 4) is 0 Å². The molecule has 0 aliphatic rings. The first-order valence-electron chi connectivity index (χ1n) is 6.44. The summed E-state index contributed by atoms with van der Waals surface area (Å²) in [5, 5.41) is 19.8. The van der Waals surface area contributed by atoms with Crippen molar-refractivity contribution >= 4 is 41.8 Å². The number of H-pyrrole nitrogens is 1. The number of amides is 1. The van der Waals surface area contributed by atoms with Crippen molar-refractivity contribution in [1.82, 2.24) is 10.3 Å². The van der Waals surface area contributed by atoms with Crippen molar-refractivity contribution < 1.29 is 24.6 Å². The number of aromatic nitrogens is 1. The number of carboxylic acids is 2. The number of rotatable bonds is 9. The highest BCUT2D eigenvalue weighted by molar-refractivity contribution is 7.99. The van der Waals surface area contributed by atoms with E-state index in [0.717, 1.165) is 4.90 Å². The second kappa shape index (κ2) is 9.21. The van der Waals surface area contributed by atoms with Gasteiger partial charge in [-0.1, -0.05) is 12.2 Å². The molecule has 7 nitrogen and oxygen atoms in total. The minimum absolute atomic E-state index is 0.116. The average molecular weight is 344 g/mol. The lowest BCUT2D eigenvalue weighted by molar-refractivity contribution is -0.143. The van der Waals surface area contributed by atoms with E-state index in [4.69, 9.17) is 22.4 Å². The van der Waals surface area contributed by atoms with Crippen molar-refractivity contribution in [1.29, 1.82) is 0 Å². The van der Waals surface area contributed by atoms with Crippen LogP contribution in [-0.4, -0.2) is 44.8 Å². The third kappa shape index (κ3) is 6.72. The van der Waals surface area contributed by atoms with Crippen LogP contribution in [0.3, 0.4) is 0 Å². The molecule has 0 unspecified atom stereocenters. The van der Waals surface area contributed by atoms with Gasteiger partial charge in [-0.15, -0.1) is 11.8 Å². The van der Waals surface area contributed by atoms with Gasteiger partial charge in [0.1, 0.15) is 10.7 Å². The van der Waals surface area contributed by atoms with E-state index in [1.165, 1.54) is 11.8 Å². The van der Waals surface area contributed by atoms with Gasteiger partial charge in [0.05, 0.1) is 0 Å². The van der Waals surface area contributed by atoms with E-state index in [2.05, 4.69) is 10.3 Å². The van der Waals surface area contributed by atoms with Gasteiger partial charge in [0, 0.05) is 29.7 Å². The number of nitrogens with one attached hydrogen (secondary N) is 2. The fraction of sp³-hybridized carbons (Fsp3) is 0.385. The number of thioether (sulfide) groups is 1. The number of carbonyl (C=O) groups is 3. The van der Waals surface area contributed by atoms with Crippen molar-refractivity contribution in [3.05, 3.63) is 23.0 Å². The molecule has 1 aromatic rings. The van der Waals surface area contributed by atoms with Crippen LogP contribution in [0.5, 0.6) is 0 Å². The maximum absolute atomic E-state index is 11.7. The van der Waals surface area contributed by atoms with E-state index in [1.807, 2.05) is 6.07 Å². The van der Waals surface area contributed by atoms with E-state index in [9.17, 15) is 14.4 Å². The zero-order valence-corrected chi connectivity index (χ0v) is 13.2.